The zero-order valence-corrected chi connectivity index (χ0v) is 18.5. The van der Waals surface area contributed by atoms with Crippen molar-refractivity contribution in [1.82, 2.24) is 5.32 Å². The van der Waals surface area contributed by atoms with E-state index in [0.29, 0.717) is 12.5 Å². The molecule has 0 aliphatic carbocycles. The summed E-state index contributed by atoms with van der Waals surface area (Å²) in [6, 6.07) is 40.4. The minimum atomic E-state index is 0.422. The van der Waals surface area contributed by atoms with Gasteiger partial charge in [0.2, 0.25) is 0 Å². The van der Waals surface area contributed by atoms with Gasteiger partial charge in [-0.25, -0.2) is 0 Å². The average Bonchev–Trinajstić information content (AvgIpc) is 2.87. The van der Waals surface area contributed by atoms with Gasteiger partial charge < -0.3 is 10.1 Å². The van der Waals surface area contributed by atoms with E-state index in [4.69, 9.17) is 4.74 Å². The maximum Gasteiger partial charge on any atom is 0.119 e. The van der Waals surface area contributed by atoms with Crippen molar-refractivity contribution in [3.05, 3.63) is 138 Å². The van der Waals surface area contributed by atoms with E-state index in [1.54, 1.807) is 0 Å². The third-order valence-corrected chi connectivity index (χ3v) is 5.78. The third-order valence-electron chi connectivity index (χ3n) is 5.78. The molecule has 4 aromatic rings. The van der Waals surface area contributed by atoms with Gasteiger partial charge in [-0.05, 0) is 60.3 Å². The molecule has 2 nitrogen and oxygen atoms in total. The van der Waals surface area contributed by atoms with Crippen molar-refractivity contribution in [1.29, 1.82) is 0 Å². The highest BCUT2D eigenvalue weighted by Crippen LogP contribution is 2.27. The van der Waals surface area contributed by atoms with E-state index in [-0.39, 0.29) is 0 Å². The summed E-state index contributed by atoms with van der Waals surface area (Å²) in [6.45, 7) is 2.57. The summed E-state index contributed by atoms with van der Waals surface area (Å²) in [7, 11) is 0. The van der Waals surface area contributed by atoms with Crippen LogP contribution in [0.15, 0.2) is 115 Å². The van der Waals surface area contributed by atoms with E-state index in [1.165, 1.54) is 22.3 Å². The van der Waals surface area contributed by atoms with Crippen LogP contribution >= 0.6 is 0 Å². The van der Waals surface area contributed by atoms with Gasteiger partial charge in [-0.3, -0.25) is 0 Å². The number of hydrogen-bond donors (Lipinski definition) is 1. The van der Waals surface area contributed by atoms with Gasteiger partial charge in [0.1, 0.15) is 12.4 Å². The van der Waals surface area contributed by atoms with Gasteiger partial charge in [0.05, 0.1) is 0 Å². The van der Waals surface area contributed by atoms with Crippen molar-refractivity contribution in [3.8, 4) is 5.75 Å². The second kappa shape index (κ2) is 11.9. The highest BCUT2D eigenvalue weighted by Gasteiger charge is 2.13. The second-order valence-electron chi connectivity index (χ2n) is 8.08. The zero-order chi connectivity index (χ0) is 21.8. The largest absolute Gasteiger partial charge is 0.489 e. The van der Waals surface area contributed by atoms with E-state index in [1.807, 2.05) is 18.2 Å². The van der Waals surface area contributed by atoms with Crippen LogP contribution in [-0.2, 0) is 13.0 Å². The molecule has 0 unspecified atom stereocenters. The summed E-state index contributed by atoms with van der Waals surface area (Å²) in [4.78, 5) is 0. The van der Waals surface area contributed by atoms with Crippen molar-refractivity contribution in [2.75, 3.05) is 13.1 Å². The van der Waals surface area contributed by atoms with Crippen LogP contribution in [0.1, 0.15) is 34.6 Å². The Labute approximate surface area is 191 Å². The summed E-state index contributed by atoms with van der Waals surface area (Å²) >= 11 is 0. The SMILES string of the molecule is c1ccc(COc2ccc(CCNCCC(c3ccccc3)c3ccccc3)cc2)cc1. The van der Waals surface area contributed by atoms with Gasteiger partial charge in [-0.2, -0.15) is 0 Å². The monoisotopic (exact) mass is 421 g/mol. The van der Waals surface area contributed by atoms with E-state index < -0.39 is 0 Å². The van der Waals surface area contributed by atoms with Crippen molar-refractivity contribution >= 4 is 0 Å². The molecule has 0 aliphatic heterocycles. The normalized spacial score (nSPS) is 10.9. The minimum Gasteiger partial charge on any atom is -0.489 e. The molecule has 0 fully saturated rings. The lowest BCUT2D eigenvalue weighted by atomic mass is 9.88. The number of nitrogens with one attached hydrogen (secondary N) is 1. The maximum atomic E-state index is 5.88. The molecule has 4 rings (SSSR count). The quantitative estimate of drug-likeness (QED) is 0.275. The Balaban J connectivity index is 1.22. The highest BCUT2D eigenvalue weighted by molar-refractivity contribution is 5.32. The Hall–Kier alpha value is -3.36. The molecule has 0 bridgehead atoms. The Morgan fingerprint density at radius 3 is 1.72 bits per heavy atom. The molecule has 0 amide bonds. The van der Waals surface area contributed by atoms with Gasteiger partial charge in [-0.15, -0.1) is 0 Å². The molecule has 0 spiro atoms. The van der Waals surface area contributed by atoms with E-state index >= 15 is 0 Å². The molecular formula is C30H31NO. The zero-order valence-electron chi connectivity index (χ0n) is 18.5. The van der Waals surface area contributed by atoms with E-state index in [2.05, 4.69) is 102 Å². The molecule has 162 valence electrons. The molecule has 0 atom stereocenters. The predicted octanol–water partition coefficient (Wildman–Crippen LogP) is 6.62. The lowest BCUT2D eigenvalue weighted by Gasteiger charge is -2.18. The minimum absolute atomic E-state index is 0.422. The first-order valence-corrected chi connectivity index (χ1v) is 11.4. The van der Waals surface area contributed by atoms with Gasteiger partial charge >= 0.3 is 0 Å². The van der Waals surface area contributed by atoms with Crippen LogP contribution in [0.4, 0.5) is 0 Å². The van der Waals surface area contributed by atoms with Crippen LogP contribution < -0.4 is 10.1 Å². The van der Waals surface area contributed by atoms with Crippen LogP contribution in [-0.4, -0.2) is 13.1 Å². The molecule has 32 heavy (non-hydrogen) atoms. The Morgan fingerprint density at radius 1 is 0.562 bits per heavy atom. The molecule has 0 radical (unpaired) electrons. The molecule has 0 heterocycles. The van der Waals surface area contributed by atoms with Crippen LogP contribution in [0.2, 0.25) is 0 Å². The van der Waals surface area contributed by atoms with Gasteiger partial charge in [0.25, 0.3) is 0 Å². The molecule has 0 aromatic heterocycles. The topological polar surface area (TPSA) is 21.3 Å². The molecule has 1 N–H and O–H groups in total. The van der Waals surface area contributed by atoms with Crippen molar-refractivity contribution in [2.24, 2.45) is 0 Å². The first-order chi connectivity index (χ1) is 15.9. The standard InChI is InChI=1S/C30H31NO/c1-4-10-26(11-5-1)24-32-29-18-16-25(17-19-29)20-22-31-23-21-30(27-12-6-2-7-13-27)28-14-8-3-9-15-28/h1-19,30-31H,20-24H2. The van der Waals surface area contributed by atoms with Gasteiger partial charge in [0.15, 0.2) is 0 Å². The molecule has 2 heteroatoms. The number of hydrogen-bond acceptors (Lipinski definition) is 2. The van der Waals surface area contributed by atoms with Crippen LogP contribution in [0.5, 0.6) is 5.75 Å². The fraction of sp³-hybridized carbons (Fsp3) is 0.200. The summed E-state index contributed by atoms with van der Waals surface area (Å²) in [5.74, 6) is 1.34. The first-order valence-electron chi connectivity index (χ1n) is 11.4. The van der Waals surface area contributed by atoms with Gasteiger partial charge in [0, 0.05) is 5.92 Å². The molecule has 4 aromatic carbocycles. The maximum absolute atomic E-state index is 5.88. The highest BCUT2D eigenvalue weighted by atomic mass is 16.5. The molecule has 0 saturated carbocycles. The van der Waals surface area contributed by atoms with Crippen LogP contribution in [0, 0.1) is 0 Å². The van der Waals surface area contributed by atoms with E-state index in [9.17, 15) is 0 Å². The second-order valence-corrected chi connectivity index (χ2v) is 8.08. The Bertz CT molecular complexity index is 991. The summed E-state index contributed by atoms with van der Waals surface area (Å²) < 4.78 is 5.88. The van der Waals surface area contributed by atoms with Crippen molar-refractivity contribution < 1.29 is 4.74 Å². The number of benzene rings is 4. The summed E-state index contributed by atoms with van der Waals surface area (Å²) in [6.07, 6.45) is 2.10. The molecule has 0 aliphatic rings. The fourth-order valence-electron chi connectivity index (χ4n) is 3.99. The van der Waals surface area contributed by atoms with Crippen molar-refractivity contribution in [2.45, 2.75) is 25.4 Å². The van der Waals surface area contributed by atoms with Crippen LogP contribution in [0.25, 0.3) is 0 Å². The fourth-order valence-corrected chi connectivity index (χ4v) is 3.99. The summed E-state index contributed by atoms with van der Waals surface area (Å²) in [5, 5.41) is 3.63. The number of ether oxygens (including phenoxy) is 1. The molecule has 0 saturated heterocycles. The third kappa shape index (κ3) is 6.57. The molecular weight excluding hydrogens is 390 g/mol. The Morgan fingerprint density at radius 2 is 1.12 bits per heavy atom. The average molecular weight is 422 g/mol. The smallest absolute Gasteiger partial charge is 0.119 e. The Kier molecular flexibility index (Phi) is 8.11. The predicted molar refractivity (Wildman–Crippen MR) is 133 cm³/mol. The van der Waals surface area contributed by atoms with Crippen LogP contribution in [0.3, 0.4) is 0 Å². The lowest BCUT2D eigenvalue weighted by Crippen LogP contribution is -2.20. The van der Waals surface area contributed by atoms with Gasteiger partial charge in [-0.1, -0.05) is 103 Å². The number of rotatable bonds is 11. The van der Waals surface area contributed by atoms with E-state index in [0.717, 1.165) is 31.7 Å². The van der Waals surface area contributed by atoms with Crippen molar-refractivity contribution in [3.63, 3.8) is 0 Å². The summed E-state index contributed by atoms with van der Waals surface area (Å²) in [5.41, 5.74) is 5.27. The first kappa shape index (κ1) is 21.9. The lowest BCUT2D eigenvalue weighted by molar-refractivity contribution is 0.306.